The van der Waals surface area contributed by atoms with Crippen molar-refractivity contribution in [1.29, 1.82) is 0 Å². The Hall–Kier alpha value is -2.54. The van der Waals surface area contributed by atoms with Gasteiger partial charge in [0, 0.05) is 36.3 Å². The summed E-state index contributed by atoms with van der Waals surface area (Å²) in [6.07, 6.45) is 7.25. The Morgan fingerprint density at radius 1 is 1.26 bits per heavy atom. The fourth-order valence-corrected chi connectivity index (χ4v) is 1.72. The van der Waals surface area contributed by atoms with Crippen LogP contribution in [0.5, 0.6) is 0 Å². The van der Waals surface area contributed by atoms with E-state index in [4.69, 9.17) is 10.3 Å². The maximum absolute atomic E-state index is 6.02. The number of nitrogens with zero attached hydrogens (tertiary/aromatic N) is 4. The molecule has 7 nitrogen and oxygen atoms in total. The maximum atomic E-state index is 6.02. The smallest absolute Gasteiger partial charge is 0.244 e. The fraction of sp³-hybridized carbons (Fsp3) is 0.167. The molecular weight excluding hydrogens is 244 g/mol. The predicted molar refractivity (Wildman–Crippen MR) is 66.7 cm³/mol. The van der Waals surface area contributed by atoms with Gasteiger partial charge in [0.25, 0.3) is 0 Å². The van der Waals surface area contributed by atoms with Crippen molar-refractivity contribution >= 4 is 0 Å². The molecular formula is C12H12N6O. The first-order valence-electron chi connectivity index (χ1n) is 5.80. The van der Waals surface area contributed by atoms with Gasteiger partial charge in [-0.15, -0.1) is 0 Å². The van der Waals surface area contributed by atoms with E-state index < -0.39 is 0 Å². The Morgan fingerprint density at radius 2 is 2.11 bits per heavy atom. The Morgan fingerprint density at radius 3 is 2.84 bits per heavy atom. The zero-order valence-electron chi connectivity index (χ0n) is 10.0. The number of rotatable bonds is 4. The molecule has 1 atom stereocenters. The number of H-pyrrole nitrogens is 1. The van der Waals surface area contributed by atoms with Crippen molar-refractivity contribution in [2.24, 2.45) is 5.73 Å². The molecule has 0 saturated carbocycles. The Labute approximate surface area is 108 Å². The van der Waals surface area contributed by atoms with Gasteiger partial charge in [0.2, 0.25) is 11.7 Å². The average Bonchev–Trinajstić information content (AvgIpc) is 3.10. The normalized spacial score (nSPS) is 12.5. The second kappa shape index (κ2) is 4.99. The van der Waals surface area contributed by atoms with Gasteiger partial charge >= 0.3 is 0 Å². The minimum absolute atomic E-state index is 0.358. The summed E-state index contributed by atoms with van der Waals surface area (Å²) in [5, 5.41) is 3.92. The molecule has 96 valence electrons. The highest BCUT2D eigenvalue weighted by atomic mass is 16.5. The topological polar surface area (TPSA) is 107 Å². The molecule has 3 rings (SSSR count). The van der Waals surface area contributed by atoms with E-state index in [1.165, 1.54) is 0 Å². The molecule has 19 heavy (non-hydrogen) atoms. The molecule has 0 bridgehead atoms. The first kappa shape index (κ1) is 11.5. The lowest BCUT2D eigenvalue weighted by molar-refractivity contribution is 0.354. The molecule has 0 aromatic carbocycles. The molecule has 0 aliphatic heterocycles. The summed E-state index contributed by atoms with van der Waals surface area (Å²) in [6, 6.07) is 3.27. The fourth-order valence-electron chi connectivity index (χ4n) is 1.72. The van der Waals surface area contributed by atoms with Gasteiger partial charge in [-0.3, -0.25) is 4.98 Å². The van der Waals surface area contributed by atoms with Crippen LogP contribution < -0.4 is 5.73 Å². The lowest BCUT2D eigenvalue weighted by atomic mass is 10.2. The molecule has 0 unspecified atom stereocenters. The van der Waals surface area contributed by atoms with E-state index in [0.717, 1.165) is 11.3 Å². The van der Waals surface area contributed by atoms with E-state index in [1.807, 2.05) is 12.1 Å². The third kappa shape index (κ3) is 2.50. The summed E-state index contributed by atoms with van der Waals surface area (Å²) in [5.41, 5.74) is 7.79. The molecule has 0 aliphatic carbocycles. The minimum atomic E-state index is -0.358. The maximum Gasteiger partial charge on any atom is 0.244 e. The van der Waals surface area contributed by atoms with Gasteiger partial charge in [-0.2, -0.15) is 4.98 Å². The van der Waals surface area contributed by atoms with Crippen LogP contribution in [-0.4, -0.2) is 25.1 Å². The van der Waals surface area contributed by atoms with Gasteiger partial charge in [-0.1, -0.05) is 5.16 Å². The monoisotopic (exact) mass is 256 g/mol. The third-order valence-electron chi connectivity index (χ3n) is 2.69. The lowest BCUT2D eigenvalue weighted by Crippen LogP contribution is -2.13. The Balaban J connectivity index is 1.78. The van der Waals surface area contributed by atoms with E-state index in [0.29, 0.717) is 18.1 Å². The van der Waals surface area contributed by atoms with Crippen molar-refractivity contribution in [2.75, 3.05) is 0 Å². The van der Waals surface area contributed by atoms with E-state index >= 15 is 0 Å². The van der Waals surface area contributed by atoms with Crippen LogP contribution >= 0.6 is 0 Å². The number of nitrogens with one attached hydrogen (secondary N) is 1. The summed E-state index contributed by atoms with van der Waals surface area (Å²) in [7, 11) is 0. The van der Waals surface area contributed by atoms with Crippen molar-refractivity contribution in [2.45, 2.75) is 12.5 Å². The molecule has 0 fully saturated rings. The number of aromatic amines is 1. The highest BCUT2D eigenvalue weighted by Crippen LogP contribution is 2.18. The molecule has 7 heteroatoms. The quantitative estimate of drug-likeness (QED) is 0.723. The van der Waals surface area contributed by atoms with Crippen LogP contribution in [0, 0.1) is 0 Å². The van der Waals surface area contributed by atoms with E-state index in [2.05, 4.69) is 25.1 Å². The van der Waals surface area contributed by atoms with Crippen LogP contribution in [-0.2, 0) is 6.42 Å². The second-order valence-electron chi connectivity index (χ2n) is 4.08. The van der Waals surface area contributed by atoms with Crippen molar-refractivity contribution < 1.29 is 4.52 Å². The summed E-state index contributed by atoms with van der Waals surface area (Å²) >= 11 is 0. The average molecular weight is 256 g/mol. The zero-order valence-corrected chi connectivity index (χ0v) is 10.0. The van der Waals surface area contributed by atoms with E-state index in [-0.39, 0.29) is 6.04 Å². The molecule has 0 radical (unpaired) electrons. The van der Waals surface area contributed by atoms with Gasteiger partial charge < -0.3 is 15.2 Å². The van der Waals surface area contributed by atoms with Crippen LogP contribution in [0.1, 0.15) is 17.6 Å². The van der Waals surface area contributed by atoms with E-state index in [9.17, 15) is 0 Å². The Kier molecular flexibility index (Phi) is 3.03. The number of hydrogen-bond acceptors (Lipinski definition) is 6. The highest BCUT2D eigenvalue weighted by molar-refractivity contribution is 5.52. The molecule has 0 amide bonds. The first-order valence-corrected chi connectivity index (χ1v) is 5.80. The lowest BCUT2D eigenvalue weighted by Gasteiger charge is -2.03. The van der Waals surface area contributed by atoms with Gasteiger partial charge in [0.05, 0.1) is 12.4 Å². The summed E-state index contributed by atoms with van der Waals surface area (Å²) in [4.78, 5) is 15.2. The molecule has 3 N–H and O–H groups in total. The van der Waals surface area contributed by atoms with Gasteiger partial charge in [-0.25, -0.2) is 4.98 Å². The van der Waals surface area contributed by atoms with Gasteiger partial charge in [0.15, 0.2) is 0 Å². The first-order chi connectivity index (χ1) is 9.33. The van der Waals surface area contributed by atoms with E-state index in [1.54, 1.807) is 24.9 Å². The largest absolute Gasteiger partial charge is 0.348 e. The van der Waals surface area contributed by atoms with Crippen LogP contribution in [0.3, 0.4) is 0 Å². The third-order valence-corrected chi connectivity index (χ3v) is 2.69. The summed E-state index contributed by atoms with van der Waals surface area (Å²) in [5.74, 6) is 0.916. The predicted octanol–water partition coefficient (Wildman–Crippen LogP) is 1.10. The van der Waals surface area contributed by atoms with Gasteiger partial charge in [-0.05, 0) is 12.1 Å². The van der Waals surface area contributed by atoms with Crippen LogP contribution in [0.25, 0.3) is 11.4 Å². The second-order valence-corrected chi connectivity index (χ2v) is 4.08. The number of hydrogen-bond donors (Lipinski definition) is 2. The van der Waals surface area contributed by atoms with Crippen molar-refractivity contribution in [3.05, 3.63) is 48.6 Å². The molecule has 3 heterocycles. The van der Waals surface area contributed by atoms with Crippen LogP contribution in [0.15, 0.2) is 41.6 Å². The SMILES string of the molecule is N[C@H](Cc1cnc[nH]1)c1nc(-c2ccncc2)no1. The number of imidazole rings is 1. The number of aromatic nitrogens is 5. The van der Waals surface area contributed by atoms with Crippen molar-refractivity contribution in [3.63, 3.8) is 0 Å². The standard InChI is InChI=1S/C12H12N6O/c13-10(5-9-6-15-7-16-9)12-17-11(18-19-12)8-1-3-14-4-2-8/h1-4,6-7,10H,5,13H2,(H,15,16)/t10-/m1/s1. The van der Waals surface area contributed by atoms with Crippen LogP contribution in [0.2, 0.25) is 0 Å². The summed E-state index contributed by atoms with van der Waals surface area (Å²) in [6.45, 7) is 0. The molecule has 3 aromatic rings. The Bertz CT molecular complexity index is 633. The molecule has 3 aromatic heterocycles. The number of nitrogens with two attached hydrogens (primary N) is 1. The van der Waals surface area contributed by atoms with Gasteiger partial charge in [0.1, 0.15) is 0 Å². The molecule has 0 spiro atoms. The summed E-state index contributed by atoms with van der Waals surface area (Å²) < 4.78 is 5.19. The highest BCUT2D eigenvalue weighted by Gasteiger charge is 2.16. The van der Waals surface area contributed by atoms with Crippen LogP contribution in [0.4, 0.5) is 0 Å². The zero-order chi connectivity index (χ0) is 13.1. The van der Waals surface area contributed by atoms with Crippen molar-refractivity contribution in [3.8, 4) is 11.4 Å². The molecule has 0 saturated heterocycles. The number of pyridine rings is 1. The molecule has 0 aliphatic rings. The van der Waals surface area contributed by atoms with Crippen molar-refractivity contribution in [1.82, 2.24) is 25.1 Å². The minimum Gasteiger partial charge on any atom is -0.348 e.